The normalized spacial score (nSPS) is 29.9. The Hall–Kier alpha value is -1.12. The minimum Gasteiger partial charge on any atom is -0.396 e. The van der Waals surface area contributed by atoms with E-state index in [-0.39, 0.29) is 17.9 Å². The van der Waals surface area contributed by atoms with Crippen molar-refractivity contribution in [3.63, 3.8) is 0 Å². The zero-order valence-corrected chi connectivity index (χ0v) is 12.3. The number of amides is 1. The Bertz CT molecular complexity index is 398. The third-order valence-corrected chi connectivity index (χ3v) is 4.66. The Balaban J connectivity index is 1.87. The van der Waals surface area contributed by atoms with Crippen LogP contribution in [-0.2, 0) is 4.79 Å². The molecule has 1 aliphatic heterocycles. The van der Waals surface area contributed by atoms with E-state index in [2.05, 4.69) is 23.2 Å². The molecule has 0 bridgehead atoms. The maximum absolute atomic E-state index is 12.2. The number of nitriles is 1. The van der Waals surface area contributed by atoms with Crippen LogP contribution in [0.2, 0.25) is 0 Å². The van der Waals surface area contributed by atoms with Crippen molar-refractivity contribution in [2.75, 3.05) is 26.2 Å². The molecule has 0 aromatic heterocycles. The van der Waals surface area contributed by atoms with Gasteiger partial charge in [0.15, 0.2) is 0 Å². The molecule has 5 heteroatoms. The van der Waals surface area contributed by atoms with Crippen LogP contribution in [0.4, 0.5) is 0 Å². The number of piperidine rings is 1. The largest absolute Gasteiger partial charge is 0.396 e. The minimum absolute atomic E-state index is 0.0596. The van der Waals surface area contributed by atoms with Gasteiger partial charge in [0.1, 0.15) is 5.54 Å². The van der Waals surface area contributed by atoms with E-state index in [0.717, 1.165) is 51.6 Å². The number of nitrogens with one attached hydrogen (secondary N) is 1. The highest BCUT2D eigenvalue weighted by Gasteiger charge is 2.36. The van der Waals surface area contributed by atoms with Gasteiger partial charge in [0.05, 0.1) is 12.6 Å². The summed E-state index contributed by atoms with van der Waals surface area (Å²) in [4.78, 5) is 14.3. The van der Waals surface area contributed by atoms with Gasteiger partial charge in [-0.1, -0.05) is 6.92 Å². The summed E-state index contributed by atoms with van der Waals surface area (Å²) in [7, 11) is 0. The van der Waals surface area contributed by atoms with Gasteiger partial charge >= 0.3 is 0 Å². The lowest BCUT2D eigenvalue weighted by atomic mass is 9.83. The Labute approximate surface area is 120 Å². The minimum atomic E-state index is -0.632. The molecule has 0 aromatic rings. The molecule has 1 amide bonds. The van der Waals surface area contributed by atoms with E-state index in [9.17, 15) is 15.2 Å². The van der Waals surface area contributed by atoms with E-state index >= 15 is 0 Å². The van der Waals surface area contributed by atoms with Crippen molar-refractivity contribution in [1.82, 2.24) is 10.2 Å². The molecule has 1 saturated carbocycles. The van der Waals surface area contributed by atoms with Crippen LogP contribution in [0, 0.1) is 16.7 Å². The number of aliphatic hydroxyl groups is 1. The van der Waals surface area contributed by atoms with Crippen LogP contribution < -0.4 is 5.32 Å². The smallest absolute Gasteiger partial charge is 0.235 e. The Morgan fingerprint density at radius 3 is 2.65 bits per heavy atom. The quantitative estimate of drug-likeness (QED) is 0.806. The molecule has 2 aliphatic rings. The van der Waals surface area contributed by atoms with Crippen LogP contribution in [-0.4, -0.2) is 47.7 Å². The van der Waals surface area contributed by atoms with E-state index in [4.69, 9.17) is 0 Å². The van der Waals surface area contributed by atoms with Crippen LogP contribution in [0.15, 0.2) is 0 Å². The van der Waals surface area contributed by atoms with Gasteiger partial charge in [0.25, 0.3) is 0 Å². The maximum Gasteiger partial charge on any atom is 0.235 e. The molecule has 1 atom stereocenters. The Morgan fingerprint density at radius 1 is 1.35 bits per heavy atom. The number of hydrogen-bond donors (Lipinski definition) is 2. The summed E-state index contributed by atoms with van der Waals surface area (Å²) in [5, 5.41) is 21.7. The van der Waals surface area contributed by atoms with Gasteiger partial charge in [-0.15, -0.1) is 0 Å². The number of carbonyl (C=O) groups excluding carboxylic acids is 1. The highest BCUT2D eigenvalue weighted by molar-refractivity contribution is 5.79. The zero-order chi connectivity index (χ0) is 14.6. The summed E-state index contributed by atoms with van der Waals surface area (Å²) >= 11 is 0. The predicted octanol–water partition coefficient (Wildman–Crippen LogP) is 1.03. The van der Waals surface area contributed by atoms with Crippen molar-refractivity contribution >= 4 is 5.91 Å². The number of hydrogen-bond acceptors (Lipinski definition) is 4. The average Bonchev–Trinajstić information content (AvgIpc) is 2.88. The monoisotopic (exact) mass is 279 g/mol. The van der Waals surface area contributed by atoms with E-state index in [1.807, 2.05) is 0 Å². The van der Waals surface area contributed by atoms with Gasteiger partial charge in [0, 0.05) is 18.6 Å². The van der Waals surface area contributed by atoms with Gasteiger partial charge in [0.2, 0.25) is 5.91 Å². The summed E-state index contributed by atoms with van der Waals surface area (Å²) in [6.45, 7) is 4.19. The molecular weight excluding hydrogens is 254 g/mol. The van der Waals surface area contributed by atoms with Crippen molar-refractivity contribution in [3.05, 3.63) is 0 Å². The van der Waals surface area contributed by atoms with Gasteiger partial charge in [-0.2, -0.15) is 5.26 Å². The van der Waals surface area contributed by atoms with E-state index in [1.165, 1.54) is 0 Å². The fourth-order valence-corrected chi connectivity index (χ4v) is 3.44. The van der Waals surface area contributed by atoms with E-state index < -0.39 is 5.54 Å². The van der Waals surface area contributed by atoms with E-state index in [1.54, 1.807) is 0 Å². The highest BCUT2D eigenvalue weighted by atomic mass is 16.3. The molecule has 2 rings (SSSR count). The Morgan fingerprint density at radius 2 is 2.05 bits per heavy atom. The second kappa shape index (κ2) is 6.11. The van der Waals surface area contributed by atoms with Crippen LogP contribution in [0.3, 0.4) is 0 Å². The lowest BCUT2D eigenvalue weighted by molar-refractivity contribution is -0.124. The molecule has 5 nitrogen and oxygen atoms in total. The zero-order valence-electron chi connectivity index (χ0n) is 12.3. The number of nitrogens with zero attached hydrogens (tertiary/aromatic N) is 2. The summed E-state index contributed by atoms with van der Waals surface area (Å²) in [6, 6.07) is 2.28. The molecule has 20 heavy (non-hydrogen) atoms. The molecule has 1 heterocycles. The SMILES string of the molecule is CC1(CO)CCCN(CC(=O)NC2(C#N)CCCC2)C1. The first kappa shape index (κ1) is 15.3. The Kier molecular flexibility index (Phi) is 4.66. The fraction of sp³-hybridized carbons (Fsp3) is 0.867. The summed E-state index contributed by atoms with van der Waals surface area (Å²) in [6.07, 6.45) is 5.57. The van der Waals surface area contributed by atoms with Crippen LogP contribution in [0.5, 0.6) is 0 Å². The summed E-state index contributed by atoms with van der Waals surface area (Å²) < 4.78 is 0. The lowest BCUT2D eigenvalue weighted by Gasteiger charge is -2.39. The van der Waals surface area contributed by atoms with Gasteiger partial charge < -0.3 is 10.4 Å². The predicted molar refractivity (Wildman–Crippen MR) is 75.8 cm³/mol. The van der Waals surface area contributed by atoms with Gasteiger partial charge in [-0.05, 0) is 45.1 Å². The highest BCUT2D eigenvalue weighted by Crippen LogP contribution is 2.30. The van der Waals surface area contributed by atoms with Crippen molar-refractivity contribution in [2.45, 2.75) is 51.0 Å². The first-order chi connectivity index (χ1) is 9.51. The number of likely N-dealkylation sites (tertiary alicyclic amines) is 1. The summed E-state index contributed by atoms with van der Waals surface area (Å²) in [5.41, 5.74) is -0.730. The third-order valence-electron chi connectivity index (χ3n) is 4.66. The summed E-state index contributed by atoms with van der Waals surface area (Å²) in [5.74, 6) is -0.0596. The van der Waals surface area contributed by atoms with Crippen LogP contribution >= 0.6 is 0 Å². The topological polar surface area (TPSA) is 76.4 Å². The second-order valence-electron chi connectivity index (χ2n) is 6.73. The fourth-order valence-electron chi connectivity index (χ4n) is 3.44. The molecule has 2 fully saturated rings. The van der Waals surface area contributed by atoms with Crippen molar-refractivity contribution in [3.8, 4) is 6.07 Å². The van der Waals surface area contributed by atoms with Crippen molar-refractivity contribution in [2.24, 2.45) is 5.41 Å². The van der Waals surface area contributed by atoms with Gasteiger partial charge in [-0.3, -0.25) is 9.69 Å². The lowest BCUT2D eigenvalue weighted by Crippen LogP contribution is -2.52. The maximum atomic E-state index is 12.2. The first-order valence-electron chi connectivity index (χ1n) is 7.56. The number of aliphatic hydroxyl groups excluding tert-OH is 1. The van der Waals surface area contributed by atoms with Gasteiger partial charge in [-0.25, -0.2) is 0 Å². The van der Waals surface area contributed by atoms with Crippen molar-refractivity contribution < 1.29 is 9.90 Å². The van der Waals surface area contributed by atoms with Crippen LogP contribution in [0.25, 0.3) is 0 Å². The molecule has 1 unspecified atom stereocenters. The second-order valence-corrected chi connectivity index (χ2v) is 6.73. The standard InChI is InChI=1S/C15H25N3O2/c1-14(12-19)5-4-8-18(11-14)9-13(20)17-15(10-16)6-2-3-7-15/h19H,2-9,11-12H2,1H3,(H,17,20). The number of carbonyl (C=O) groups is 1. The van der Waals surface area contributed by atoms with E-state index in [0.29, 0.717) is 6.54 Å². The average molecular weight is 279 g/mol. The molecule has 0 spiro atoms. The molecular formula is C15H25N3O2. The first-order valence-corrected chi connectivity index (χ1v) is 7.56. The molecule has 112 valence electrons. The molecule has 1 aliphatic carbocycles. The van der Waals surface area contributed by atoms with Crippen LogP contribution in [0.1, 0.15) is 45.4 Å². The van der Waals surface area contributed by atoms with Crippen molar-refractivity contribution in [1.29, 1.82) is 5.26 Å². The number of rotatable bonds is 4. The molecule has 0 aromatic carbocycles. The molecule has 2 N–H and O–H groups in total. The molecule has 0 radical (unpaired) electrons. The molecule has 1 saturated heterocycles. The third kappa shape index (κ3) is 3.50.